The summed E-state index contributed by atoms with van der Waals surface area (Å²) in [5, 5.41) is 13.2. The third kappa shape index (κ3) is 4.51. The van der Waals surface area contributed by atoms with Crippen LogP contribution in [0.1, 0.15) is 30.1 Å². The summed E-state index contributed by atoms with van der Waals surface area (Å²) >= 11 is 1.38. The third-order valence-corrected chi connectivity index (χ3v) is 5.63. The van der Waals surface area contributed by atoms with Crippen molar-refractivity contribution in [2.45, 2.75) is 31.6 Å². The van der Waals surface area contributed by atoms with Gasteiger partial charge >= 0.3 is 0 Å². The minimum absolute atomic E-state index is 0.0742. The number of benzene rings is 2. The van der Waals surface area contributed by atoms with Gasteiger partial charge < -0.3 is 14.3 Å². The molecule has 2 aromatic carbocycles. The molecule has 6 nitrogen and oxygen atoms in total. The molecule has 0 radical (unpaired) electrons. The van der Waals surface area contributed by atoms with E-state index in [9.17, 15) is 4.79 Å². The van der Waals surface area contributed by atoms with E-state index in [0.29, 0.717) is 6.54 Å². The van der Waals surface area contributed by atoms with E-state index in [0.717, 1.165) is 27.7 Å². The molecule has 0 saturated heterocycles. The van der Waals surface area contributed by atoms with Crippen molar-refractivity contribution in [2.75, 3.05) is 5.75 Å². The van der Waals surface area contributed by atoms with Gasteiger partial charge in [0.05, 0.1) is 18.3 Å². The standard InChI is InChI=1S/C22H22N4O2S/c1-15(20-12-18-10-6-7-11-19(18)28-20)23-21(27)14-29-22-25-24-16(2)26(22)13-17-8-4-3-5-9-17/h3-12,15H,13-14H2,1-2H3,(H,23,27)/t15-/m1/s1. The number of para-hydroxylation sites is 1. The molecule has 0 spiro atoms. The summed E-state index contributed by atoms with van der Waals surface area (Å²) in [6, 6.07) is 19.7. The van der Waals surface area contributed by atoms with Crippen molar-refractivity contribution < 1.29 is 9.21 Å². The Kier molecular flexibility index (Phi) is 5.67. The van der Waals surface area contributed by atoms with E-state index in [2.05, 4.69) is 27.6 Å². The van der Waals surface area contributed by atoms with E-state index in [1.54, 1.807) is 0 Å². The molecule has 1 N–H and O–H groups in total. The monoisotopic (exact) mass is 406 g/mol. The van der Waals surface area contributed by atoms with Crippen molar-refractivity contribution >= 4 is 28.6 Å². The molecule has 0 aliphatic carbocycles. The van der Waals surface area contributed by atoms with Gasteiger partial charge in [-0.3, -0.25) is 4.79 Å². The van der Waals surface area contributed by atoms with Crippen molar-refractivity contribution in [3.63, 3.8) is 0 Å². The molecule has 29 heavy (non-hydrogen) atoms. The number of hydrogen-bond acceptors (Lipinski definition) is 5. The van der Waals surface area contributed by atoms with Gasteiger partial charge in [-0.1, -0.05) is 60.3 Å². The van der Waals surface area contributed by atoms with Gasteiger partial charge in [0, 0.05) is 5.39 Å². The maximum atomic E-state index is 12.5. The molecule has 7 heteroatoms. The Morgan fingerprint density at radius 1 is 1.14 bits per heavy atom. The van der Waals surface area contributed by atoms with Crippen LogP contribution in [0.15, 0.2) is 70.2 Å². The number of nitrogens with zero attached hydrogens (tertiary/aromatic N) is 3. The molecule has 0 aliphatic heterocycles. The maximum Gasteiger partial charge on any atom is 0.231 e. The van der Waals surface area contributed by atoms with Crippen molar-refractivity contribution in [1.82, 2.24) is 20.1 Å². The average Bonchev–Trinajstić information content (AvgIpc) is 3.31. The van der Waals surface area contributed by atoms with Crippen molar-refractivity contribution in [3.8, 4) is 0 Å². The zero-order valence-corrected chi connectivity index (χ0v) is 17.1. The predicted molar refractivity (Wildman–Crippen MR) is 114 cm³/mol. The highest BCUT2D eigenvalue weighted by Crippen LogP contribution is 2.24. The fraction of sp³-hybridized carbons (Fsp3) is 0.227. The number of fused-ring (bicyclic) bond motifs is 1. The molecule has 0 saturated carbocycles. The Morgan fingerprint density at radius 2 is 1.90 bits per heavy atom. The summed E-state index contributed by atoms with van der Waals surface area (Å²) < 4.78 is 7.86. The maximum absolute atomic E-state index is 12.5. The summed E-state index contributed by atoms with van der Waals surface area (Å²) in [6.07, 6.45) is 0. The summed E-state index contributed by atoms with van der Waals surface area (Å²) in [4.78, 5) is 12.5. The van der Waals surface area contributed by atoms with Crippen LogP contribution < -0.4 is 5.32 Å². The number of nitrogens with one attached hydrogen (secondary N) is 1. The molecule has 4 rings (SSSR count). The molecule has 0 aliphatic rings. The summed E-state index contributed by atoms with van der Waals surface area (Å²) in [7, 11) is 0. The molecular formula is C22H22N4O2S. The van der Waals surface area contributed by atoms with Gasteiger partial charge in [-0.25, -0.2) is 0 Å². The number of aromatic nitrogens is 3. The second-order valence-corrected chi connectivity index (χ2v) is 7.81. The second-order valence-electron chi connectivity index (χ2n) is 6.87. The van der Waals surface area contributed by atoms with Crippen LogP contribution in [-0.4, -0.2) is 26.4 Å². The van der Waals surface area contributed by atoms with Crippen molar-refractivity contribution in [1.29, 1.82) is 0 Å². The van der Waals surface area contributed by atoms with Crippen LogP contribution in [0.5, 0.6) is 0 Å². The van der Waals surface area contributed by atoms with E-state index in [1.807, 2.05) is 66.9 Å². The first kappa shape index (κ1) is 19.3. The first-order valence-electron chi connectivity index (χ1n) is 9.44. The van der Waals surface area contributed by atoms with Gasteiger partial charge in [-0.05, 0) is 31.5 Å². The molecule has 0 unspecified atom stereocenters. The summed E-state index contributed by atoms with van der Waals surface area (Å²) in [6.45, 7) is 4.52. The Bertz CT molecular complexity index is 1090. The average molecular weight is 407 g/mol. The highest BCUT2D eigenvalue weighted by atomic mass is 32.2. The highest BCUT2D eigenvalue weighted by Gasteiger charge is 2.16. The van der Waals surface area contributed by atoms with E-state index in [4.69, 9.17) is 4.42 Å². The van der Waals surface area contributed by atoms with Crippen LogP contribution in [0.3, 0.4) is 0 Å². The molecule has 4 aromatic rings. The summed E-state index contributed by atoms with van der Waals surface area (Å²) in [5.74, 6) is 1.76. The van der Waals surface area contributed by atoms with Crippen LogP contribution in [0.2, 0.25) is 0 Å². The van der Waals surface area contributed by atoms with Crippen molar-refractivity contribution in [3.05, 3.63) is 77.8 Å². The minimum atomic E-state index is -0.209. The van der Waals surface area contributed by atoms with E-state index < -0.39 is 0 Å². The number of rotatable bonds is 7. The lowest BCUT2D eigenvalue weighted by atomic mass is 10.2. The number of hydrogen-bond donors (Lipinski definition) is 1. The van der Waals surface area contributed by atoms with E-state index in [-0.39, 0.29) is 17.7 Å². The number of carbonyl (C=O) groups excluding carboxylic acids is 1. The molecular weight excluding hydrogens is 384 g/mol. The number of carbonyl (C=O) groups is 1. The normalized spacial score (nSPS) is 12.2. The Hall–Kier alpha value is -3.06. The number of furan rings is 1. The van der Waals surface area contributed by atoms with Gasteiger partial charge in [-0.2, -0.15) is 0 Å². The van der Waals surface area contributed by atoms with E-state index >= 15 is 0 Å². The van der Waals surface area contributed by atoms with Gasteiger partial charge in [0.1, 0.15) is 17.2 Å². The molecule has 148 valence electrons. The fourth-order valence-corrected chi connectivity index (χ4v) is 3.91. The van der Waals surface area contributed by atoms with Crippen molar-refractivity contribution in [2.24, 2.45) is 0 Å². The molecule has 0 fully saturated rings. The van der Waals surface area contributed by atoms with Crippen LogP contribution in [-0.2, 0) is 11.3 Å². The zero-order valence-electron chi connectivity index (χ0n) is 16.3. The topological polar surface area (TPSA) is 73.0 Å². The third-order valence-electron chi connectivity index (χ3n) is 4.67. The van der Waals surface area contributed by atoms with Gasteiger partial charge in [0.15, 0.2) is 5.16 Å². The van der Waals surface area contributed by atoms with E-state index in [1.165, 1.54) is 17.3 Å². The number of thioether (sulfide) groups is 1. The molecule has 2 heterocycles. The van der Waals surface area contributed by atoms with Gasteiger partial charge in [0.2, 0.25) is 5.91 Å². The highest BCUT2D eigenvalue weighted by molar-refractivity contribution is 7.99. The lowest BCUT2D eigenvalue weighted by molar-refractivity contribution is -0.119. The first-order chi connectivity index (χ1) is 14.1. The largest absolute Gasteiger partial charge is 0.459 e. The predicted octanol–water partition coefficient (Wildman–Crippen LogP) is 4.35. The minimum Gasteiger partial charge on any atom is -0.459 e. The lowest BCUT2D eigenvalue weighted by Gasteiger charge is -2.12. The number of aryl methyl sites for hydroxylation is 1. The van der Waals surface area contributed by atoms with Crippen LogP contribution >= 0.6 is 11.8 Å². The lowest BCUT2D eigenvalue weighted by Crippen LogP contribution is -2.28. The number of amides is 1. The van der Waals surface area contributed by atoms with Gasteiger partial charge in [0.25, 0.3) is 0 Å². The van der Waals surface area contributed by atoms with Crippen LogP contribution in [0.4, 0.5) is 0 Å². The first-order valence-corrected chi connectivity index (χ1v) is 10.4. The second kappa shape index (κ2) is 8.53. The Balaban J connectivity index is 1.37. The van der Waals surface area contributed by atoms with Crippen LogP contribution in [0.25, 0.3) is 11.0 Å². The fourth-order valence-electron chi connectivity index (χ4n) is 3.12. The zero-order chi connectivity index (χ0) is 20.2. The molecule has 0 bridgehead atoms. The Labute approximate surface area is 173 Å². The SMILES string of the molecule is Cc1nnc(SCC(=O)N[C@H](C)c2cc3ccccc3o2)n1Cc1ccccc1. The molecule has 1 amide bonds. The van der Waals surface area contributed by atoms with Crippen LogP contribution in [0, 0.1) is 6.92 Å². The quantitative estimate of drug-likeness (QED) is 0.462. The molecule has 2 aromatic heterocycles. The smallest absolute Gasteiger partial charge is 0.231 e. The van der Waals surface area contributed by atoms with Gasteiger partial charge in [-0.15, -0.1) is 10.2 Å². The molecule has 1 atom stereocenters. The summed E-state index contributed by atoms with van der Waals surface area (Å²) in [5.41, 5.74) is 1.99. The Morgan fingerprint density at radius 3 is 2.69 bits per heavy atom.